The smallest absolute Gasteiger partial charge is 0.327 e. The highest BCUT2D eigenvalue weighted by molar-refractivity contribution is 6.02. The molecule has 3 aliphatic rings. The van der Waals surface area contributed by atoms with Crippen molar-refractivity contribution in [3.63, 3.8) is 0 Å². The lowest BCUT2D eigenvalue weighted by atomic mass is 10.3. The number of ether oxygens (including phenoxy) is 2. The highest BCUT2D eigenvalue weighted by Gasteiger charge is 2.41. The van der Waals surface area contributed by atoms with Crippen molar-refractivity contribution >= 4 is 11.9 Å². The second kappa shape index (κ2) is 9.90. The summed E-state index contributed by atoms with van der Waals surface area (Å²) in [5, 5.41) is 17.3. The van der Waals surface area contributed by atoms with Crippen molar-refractivity contribution in [3.8, 4) is 11.5 Å². The van der Waals surface area contributed by atoms with Crippen molar-refractivity contribution in [1.29, 1.82) is 0 Å². The zero-order chi connectivity index (χ0) is 20.6. The van der Waals surface area contributed by atoms with Gasteiger partial charge in [-0.3, -0.25) is 9.69 Å². The Labute approximate surface area is 168 Å². The Hall–Kier alpha value is -3.10. The van der Waals surface area contributed by atoms with E-state index in [9.17, 15) is 9.59 Å². The zero-order valence-corrected chi connectivity index (χ0v) is 15.9. The summed E-state index contributed by atoms with van der Waals surface area (Å²) in [6, 6.07) is 17.2. The summed E-state index contributed by atoms with van der Waals surface area (Å²) in [5.74, 6) is 0.515. The van der Waals surface area contributed by atoms with Crippen molar-refractivity contribution in [2.45, 2.75) is 12.2 Å². The zero-order valence-electron chi connectivity index (χ0n) is 15.9. The maximum absolute atomic E-state index is 11.8. The molecule has 0 aliphatic carbocycles. The molecule has 0 radical (unpaired) electrons. The average Bonchev–Trinajstić information content (AvgIpc) is 3.63. The number of rotatable bonds is 4. The van der Waals surface area contributed by atoms with Crippen LogP contribution in [0, 0.1) is 0 Å². The van der Waals surface area contributed by atoms with Gasteiger partial charge in [0.05, 0.1) is 38.5 Å². The minimum absolute atomic E-state index is 0.0648. The first kappa shape index (κ1) is 20.6. The highest BCUT2D eigenvalue weighted by Crippen LogP contribution is 2.19. The van der Waals surface area contributed by atoms with Crippen molar-refractivity contribution in [2.24, 2.45) is 0 Å². The topological polar surface area (TPSA) is 106 Å². The van der Waals surface area contributed by atoms with E-state index in [1.54, 1.807) is 53.4 Å². The van der Waals surface area contributed by atoms with Crippen LogP contribution in [0.5, 0.6) is 11.5 Å². The van der Waals surface area contributed by atoms with Crippen LogP contribution in [-0.4, -0.2) is 77.0 Å². The number of phenolic OH excluding ortho intramolecular Hbond substituents is 2. The fourth-order valence-corrected chi connectivity index (χ4v) is 2.57. The molecule has 2 aromatic rings. The summed E-state index contributed by atoms with van der Waals surface area (Å²) < 4.78 is 10.0. The van der Waals surface area contributed by atoms with Crippen molar-refractivity contribution < 1.29 is 29.3 Å². The molecule has 0 bridgehead atoms. The minimum Gasteiger partial charge on any atom is -0.508 e. The molecule has 2 unspecified atom stereocenters. The van der Waals surface area contributed by atoms with Crippen molar-refractivity contribution in [2.75, 3.05) is 32.8 Å². The molecular weight excluding hydrogens is 376 g/mol. The van der Waals surface area contributed by atoms with E-state index in [2.05, 4.69) is 0 Å². The summed E-state index contributed by atoms with van der Waals surface area (Å²) in [6.45, 7) is 2.48. The normalized spacial score (nSPS) is 21.7. The Kier molecular flexibility index (Phi) is 7.04. The molecule has 3 amide bonds. The number of phenols is 2. The van der Waals surface area contributed by atoms with Gasteiger partial charge in [-0.25, -0.2) is 4.79 Å². The molecule has 0 aromatic heterocycles. The Morgan fingerprint density at radius 2 is 1.24 bits per heavy atom. The van der Waals surface area contributed by atoms with E-state index in [1.165, 1.54) is 4.90 Å². The first-order valence-electron chi connectivity index (χ1n) is 9.33. The van der Waals surface area contributed by atoms with Crippen LogP contribution in [0.2, 0.25) is 0 Å². The molecule has 29 heavy (non-hydrogen) atoms. The quantitative estimate of drug-likeness (QED) is 0.599. The second-order valence-electron chi connectivity index (χ2n) is 6.75. The SMILES string of the molecule is O=C1CN(CC2CO2)C(=O)N1CC1CO1.Oc1ccccc1.Oc1ccccc1. The van der Waals surface area contributed by atoms with Gasteiger partial charge in [-0.15, -0.1) is 0 Å². The van der Waals surface area contributed by atoms with Crippen LogP contribution in [0.1, 0.15) is 0 Å². The number of epoxide rings is 2. The predicted molar refractivity (Wildman–Crippen MR) is 104 cm³/mol. The summed E-state index contributed by atoms with van der Waals surface area (Å²) >= 11 is 0. The third kappa shape index (κ3) is 7.10. The lowest BCUT2D eigenvalue weighted by Gasteiger charge is -2.14. The molecule has 8 heteroatoms. The molecule has 2 aromatic carbocycles. The lowest BCUT2D eigenvalue weighted by Crippen LogP contribution is -2.36. The van der Waals surface area contributed by atoms with E-state index in [0.717, 1.165) is 0 Å². The third-order valence-electron chi connectivity index (χ3n) is 4.26. The number of imide groups is 1. The molecule has 3 fully saturated rings. The largest absolute Gasteiger partial charge is 0.508 e. The highest BCUT2D eigenvalue weighted by atomic mass is 16.6. The molecule has 0 spiro atoms. The Morgan fingerprint density at radius 3 is 1.62 bits per heavy atom. The van der Waals surface area contributed by atoms with Crippen molar-refractivity contribution in [3.05, 3.63) is 60.7 Å². The lowest BCUT2D eigenvalue weighted by molar-refractivity contribution is -0.125. The number of aromatic hydroxyl groups is 2. The van der Waals surface area contributed by atoms with Crippen LogP contribution >= 0.6 is 0 Å². The fraction of sp³-hybridized carbons (Fsp3) is 0.333. The molecule has 2 N–H and O–H groups in total. The number of para-hydroxylation sites is 2. The van der Waals surface area contributed by atoms with E-state index >= 15 is 0 Å². The van der Waals surface area contributed by atoms with Gasteiger partial charge in [-0.1, -0.05) is 36.4 Å². The first-order valence-corrected chi connectivity index (χ1v) is 9.33. The molecule has 3 aliphatic heterocycles. The second-order valence-corrected chi connectivity index (χ2v) is 6.75. The van der Waals surface area contributed by atoms with Gasteiger partial charge in [-0.2, -0.15) is 0 Å². The van der Waals surface area contributed by atoms with E-state index < -0.39 is 0 Å². The number of hydrogen-bond donors (Lipinski definition) is 2. The number of benzene rings is 2. The van der Waals surface area contributed by atoms with Crippen LogP contribution in [-0.2, 0) is 14.3 Å². The number of urea groups is 1. The molecule has 2 atom stereocenters. The van der Waals surface area contributed by atoms with Crippen LogP contribution in [0.15, 0.2) is 60.7 Å². The third-order valence-corrected chi connectivity index (χ3v) is 4.26. The monoisotopic (exact) mass is 400 g/mol. The van der Waals surface area contributed by atoms with E-state index in [1.807, 2.05) is 12.1 Å². The Balaban J connectivity index is 0.000000143. The molecule has 3 saturated heterocycles. The van der Waals surface area contributed by atoms with Gasteiger partial charge in [0.1, 0.15) is 18.0 Å². The van der Waals surface area contributed by atoms with E-state index in [4.69, 9.17) is 19.7 Å². The van der Waals surface area contributed by atoms with Gasteiger partial charge in [0.2, 0.25) is 5.91 Å². The van der Waals surface area contributed by atoms with Gasteiger partial charge < -0.3 is 24.6 Å². The maximum Gasteiger partial charge on any atom is 0.327 e. The summed E-state index contributed by atoms with van der Waals surface area (Å²) in [5.41, 5.74) is 0. The van der Waals surface area contributed by atoms with Gasteiger partial charge >= 0.3 is 6.03 Å². The standard InChI is InChI=1S/C9H12N2O4.2C6H6O/c12-8-3-10(1-6-4-14-6)9(13)11(8)2-7-5-15-7;2*7-6-4-2-1-3-5-6/h6-7H,1-5H2;2*1-5,7H. The number of hydrogen-bond acceptors (Lipinski definition) is 6. The van der Waals surface area contributed by atoms with Crippen LogP contribution < -0.4 is 0 Å². The summed E-state index contributed by atoms with van der Waals surface area (Å²) in [4.78, 5) is 26.1. The number of amides is 3. The van der Waals surface area contributed by atoms with Crippen molar-refractivity contribution in [1.82, 2.24) is 9.80 Å². The Bertz CT molecular complexity index is 756. The van der Waals surface area contributed by atoms with Gasteiger partial charge in [0.15, 0.2) is 0 Å². The van der Waals surface area contributed by atoms with Gasteiger partial charge in [0.25, 0.3) is 0 Å². The molecule has 8 nitrogen and oxygen atoms in total. The number of nitrogens with zero attached hydrogens (tertiary/aromatic N) is 2. The van der Waals surface area contributed by atoms with E-state index in [-0.39, 0.29) is 30.7 Å². The molecule has 5 rings (SSSR count). The summed E-state index contributed by atoms with van der Waals surface area (Å²) in [6.07, 6.45) is 0.203. The fourth-order valence-electron chi connectivity index (χ4n) is 2.57. The van der Waals surface area contributed by atoms with Crippen LogP contribution in [0.25, 0.3) is 0 Å². The molecule has 0 saturated carbocycles. The predicted octanol–water partition coefficient (Wildman–Crippen LogP) is 1.83. The number of carbonyl (C=O) groups is 2. The molecule has 154 valence electrons. The molecule has 3 heterocycles. The average molecular weight is 400 g/mol. The minimum atomic E-state index is -0.203. The van der Waals surface area contributed by atoms with Crippen LogP contribution in [0.3, 0.4) is 0 Å². The Morgan fingerprint density at radius 1 is 0.793 bits per heavy atom. The van der Waals surface area contributed by atoms with Gasteiger partial charge in [0, 0.05) is 0 Å². The van der Waals surface area contributed by atoms with Crippen LogP contribution in [0.4, 0.5) is 4.79 Å². The summed E-state index contributed by atoms with van der Waals surface area (Å²) in [7, 11) is 0. The molecular formula is C21H24N2O6. The van der Waals surface area contributed by atoms with E-state index in [0.29, 0.717) is 37.8 Å². The van der Waals surface area contributed by atoms with Gasteiger partial charge in [-0.05, 0) is 24.3 Å². The first-order chi connectivity index (χ1) is 14.0. The number of carbonyl (C=O) groups excluding carboxylic acids is 2. The maximum atomic E-state index is 11.8.